The molecule has 478 valence electrons. The third-order valence-electron chi connectivity index (χ3n) is 16.9. The van der Waals surface area contributed by atoms with Crippen molar-refractivity contribution < 1.29 is 61.7 Å². The lowest BCUT2D eigenvalue weighted by atomic mass is 9.83. The average Bonchev–Trinajstić information content (AvgIpc) is 1.84. The fraction of sp³-hybridized carbons (Fsp3) is 0.559. The Morgan fingerprint density at radius 3 is 1.45 bits per heavy atom. The number of thiazole rings is 1. The van der Waals surface area contributed by atoms with Crippen LogP contribution in [-0.4, -0.2) is 120 Å². The largest absolute Gasteiger partial charge is 0.497 e. The SMILES string of the molecule is C.C.COc1ccc(CC(NC(=O)C(C)CC(=O)Cc2cnc(N)o2)C(=O)CC(CC2=CCCC2)C(=O)C2(C)CO2)cc1.COc1ccc(CC(NC(=O)C(C)CC(=O)Cc2cnc(N3CCCC3)s2)C(=O)CC(CC2=CCCC2)C(=O)C2(C)CO2)cc1. The number of aromatic nitrogens is 2. The highest BCUT2D eigenvalue weighted by molar-refractivity contribution is 7.15. The van der Waals surface area contributed by atoms with Gasteiger partial charge in [-0.05, 0) is 126 Å². The van der Waals surface area contributed by atoms with Gasteiger partial charge in [-0.2, -0.15) is 0 Å². The second-order valence-electron chi connectivity index (χ2n) is 24.3. The molecule has 8 unspecified atom stereocenters. The van der Waals surface area contributed by atoms with Gasteiger partial charge in [0.05, 0.1) is 52.1 Å². The molecule has 2 aromatic carbocycles. The van der Waals surface area contributed by atoms with Crippen LogP contribution in [0.3, 0.4) is 0 Å². The summed E-state index contributed by atoms with van der Waals surface area (Å²) < 4.78 is 26.6. The van der Waals surface area contributed by atoms with Crippen LogP contribution in [0.2, 0.25) is 0 Å². The summed E-state index contributed by atoms with van der Waals surface area (Å²) in [6.07, 6.45) is 17.6. The maximum Gasteiger partial charge on any atom is 0.292 e. The number of benzene rings is 2. The molecular formula is C68H92N6O13S. The number of nitrogens with two attached hydrogens (primary N) is 1. The van der Waals surface area contributed by atoms with E-state index in [9.17, 15) is 38.4 Å². The number of carbonyl (C=O) groups excluding carboxylic acids is 8. The van der Waals surface area contributed by atoms with E-state index in [1.54, 1.807) is 60.2 Å². The molecule has 9 rings (SSSR count). The number of anilines is 2. The van der Waals surface area contributed by atoms with Gasteiger partial charge in [0, 0.05) is 79.9 Å². The van der Waals surface area contributed by atoms with Crippen molar-refractivity contribution >= 4 is 69.0 Å². The molecule has 0 bridgehead atoms. The predicted octanol–water partition coefficient (Wildman–Crippen LogP) is 9.89. The molecule has 20 heteroatoms. The van der Waals surface area contributed by atoms with E-state index in [0.29, 0.717) is 43.3 Å². The van der Waals surface area contributed by atoms with Crippen molar-refractivity contribution in [3.05, 3.63) is 106 Å². The molecule has 5 heterocycles. The third-order valence-corrected chi connectivity index (χ3v) is 18.0. The second kappa shape index (κ2) is 32.4. The Labute approximate surface area is 522 Å². The topological polar surface area (TPSA) is 272 Å². The van der Waals surface area contributed by atoms with Crippen LogP contribution < -0.4 is 30.7 Å². The number of oxazole rings is 1. The summed E-state index contributed by atoms with van der Waals surface area (Å²) in [7, 11) is 3.16. The number of hydrogen-bond donors (Lipinski definition) is 3. The number of hydrogen-bond acceptors (Lipinski definition) is 18. The molecule has 88 heavy (non-hydrogen) atoms. The van der Waals surface area contributed by atoms with E-state index < -0.39 is 52.9 Å². The first-order chi connectivity index (χ1) is 41.2. The summed E-state index contributed by atoms with van der Waals surface area (Å²) in [4.78, 5) is 118. The summed E-state index contributed by atoms with van der Waals surface area (Å²) in [5.74, 6) is -2.20. The lowest BCUT2D eigenvalue weighted by molar-refractivity contribution is -0.134. The molecule has 4 N–H and O–H groups in total. The van der Waals surface area contributed by atoms with Gasteiger partial charge >= 0.3 is 0 Å². The summed E-state index contributed by atoms with van der Waals surface area (Å²) in [5, 5.41) is 6.77. The minimum Gasteiger partial charge on any atom is -0.497 e. The third kappa shape index (κ3) is 20.2. The number of nitrogens with one attached hydrogen (secondary N) is 2. The lowest BCUT2D eigenvalue weighted by Crippen LogP contribution is -2.46. The summed E-state index contributed by atoms with van der Waals surface area (Å²) in [6.45, 7) is 9.61. The number of epoxide rings is 2. The molecule has 3 fully saturated rings. The molecule has 0 spiro atoms. The number of allylic oxidation sites excluding steroid dienone is 4. The molecule has 4 aromatic rings. The minimum absolute atomic E-state index is 0. The van der Waals surface area contributed by atoms with E-state index in [1.165, 1.54) is 28.7 Å². The van der Waals surface area contributed by atoms with Crippen LogP contribution in [0.5, 0.6) is 11.5 Å². The molecule has 0 saturated carbocycles. The zero-order valence-electron chi connectivity index (χ0n) is 50.6. The fourth-order valence-electron chi connectivity index (χ4n) is 11.5. The van der Waals surface area contributed by atoms with Gasteiger partial charge in [-0.3, -0.25) is 38.4 Å². The van der Waals surface area contributed by atoms with E-state index >= 15 is 0 Å². The van der Waals surface area contributed by atoms with Gasteiger partial charge < -0.3 is 44.6 Å². The maximum atomic E-state index is 13.9. The molecule has 19 nitrogen and oxygen atoms in total. The molecule has 3 aliphatic heterocycles. The van der Waals surface area contributed by atoms with E-state index in [4.69, 9.17) is 29.1 Å². The summed E-state index contributed by atoms with van der Waals surface area (Å²) in [6, 6.07) is 12.9. The van der Waals surface area contributed by atoms with Crippen molar-refractivity contribution in [3.63, 3.8) is 0 Å². The van der Waals surface area contributed by atoms with Crippen molar-refractivity contribution in [3.8, 4) is 11.5 Å². The van der Waals surface area contributed by atoms with Crippen LogP contribution in [0.1, 0.15) is 154 Å². The van der Waals surface area contributed by atoms with Gasteiger partial charge in [-0.15, -0.1) is 11.3 Å². The van der Waals surface area contributed by atoms with Gasteiger partial charge in [0.15, 0.2) is 28.3 Å². The Morgan fingerprint density at radius 1 is 0.625 bits per heavy atom. The zero-order valence-corrected chi connectivity index (χ0v) is 51.4. The van der Waals surface area contributed by atoms with Crippen LogP contribution >= 0.6 is 11.3 Å². The number of amides is 2. The number of nitrogen functional groups attached to an aromatic ring is 1. The van der Waals surface area contributed by atoms with Gasteiger partial charge in [-0.25, -0.2) is 9.97 Å². The zero-order chi connectivity index (χ0) is 61.5. The average molecular weight is 1230 g/mol. The minimum atomic E-state index is -0.872. The van der Waals surface area contributed by atoms with E-state index in [-0.39, 0.29) is 113 Å². The van der Waals surface area contributed by atoms with Crippen LogP contribution in [0.25, 0.3) is 0 Å². The molecule has 8 atom stereocenters. The number of nitrogens with zero attached hydrogens (tertiary/aromatic N) is 3. The van der Waals surface area contributed by atoms with Gasteiger partial charge in [0.2, 0.25) is 11.8 Å². The smallest absolute Gasteiger partial charge is 0.292 e. The van der Waals surface area contributed by atoms with Crippen LogP contribution in [0, 0.1) is 23.7 Å². The number of Topliss-reactive ketones (excluding diaryl/α,β-unsaturated/α-hetero) is 6. The van der Waals surface area contributed by atoms with Gasteiger partial charge in [0.1, 0.15) is 40.0 Å². The van der Waals surface area contributed by atoms with Crippen LogP contribution in [0.4, 0.5) is 11.1 Å². The first kappa shape index (κ1) is 69.9. The number of methoxy groups -OCH3 is 2. The predicted molar refractivity (Wildman–Crippen MR) is 338 cm³/mol. The van der Waals surface area contributed by atoms with Crippen LogP contribution in [0.15, 0.2) is 88.6 Å². The quantitative estimate of drug-likeness (QED) is 0.0296. The van der Waals surface area contributed by atoms with Crippen molar-refractivity contribution in [2.45, 2.75) is 181 Å². The Kier molecular flexibility index (Phi) is 25.7. The highest BCUT2D eigenvalue weighted by atomic mass is 32.1. The molecule has 5 aliphatic rings. The highest BCUT2D eigenvalue weighted by Crippen LogP contribution is 2.38. The molecule has 2 amide bonds. The van der Waals surface area contributed by atoms with E-state index in [1.807, 2.05) is 36.4 Å². The van der Waals surface area contributed by atoms with Gasteiger partial charge in [-0.1, -0.05) is 76.3 Å². The first-order valence-electron chi connectivity index (χ1n) is 30.3. The first-order valence-corrected chi connectivity index (χ1v) is 31.1. The maximum absolute atomic E-state index is 13.9. The highest BCUT2D eigenvalue weighted by Gasteiger charge is 2.51. The molecule has 3 saturated heterocycles. The number of ketones is 6. The van der Waals surface area contributed by atoms with Crippen molar-refractivity contribution in [2.75, 3.05) is 51.2 Å². The number of carbonyl (C=O) groups is 8. The summed E-state index contributed by atoms with van der Waals surface area (Å²) >= 11 is 1.54. The van der Waals surface area contributed by atoms with Crippen molar-refractivity contribution in [1.29, 1.82) is 0 Å². The Morgan fingerprint density at radius 2 is 1.07 bits per heavy atom. The van der Waals surface area contributed by atoms with Crippen molar-refractivity contribution in [1.82, 2.24) is 20.6 Å². The molecule has 0 radical (unpaired) electrons. The normalized spacial score (nSPS) is 20.1. The lowest BCUT2D eigenvalue weighted by Gasteiger charge is -2.24. The van der Waals surface area contributed by atoms with E-state index in [0.717, 1.165) is 85.6 Å². The van der Waals surface area contributed by atoms with E-state index in [2.05, 4.69) is 37.7 Å². The molecule has 2 aromatic heterocycles. The van der Waals surface area contributed by atoms with Crippen LogP contribution in [-0.2, 0) is 73.5 Å². The molecule has 2 aliphatic carbocycles. The standard InChI is InChI=1S/C35H45N3O6S.C31H39N3O7.2CH4/c1-23(16-27(39)20-29-21-36-34(45-29)38-14-6-7-15-38)33(42)37-30(18-25-10-12-28(43-3)13-11-25)31(40)19-26(17-24-8-4-5-9-24)32(41)35(2)22-44-35;1-19(12-23(35)16-25-17-33-30(32)41-25)29(38)34-26(14-21-8-10-24(39-3)11-9-21)27(36)15-22(13-20-6-4-5-7-20)28(37)31(2)18-40-31;;/h8,10-13,21,23,26,30H,4-7,9,14-20,22H2,1-3H3,(H,37,42);6,8-11,17,19,22,26H,4-5,7,12-16,18H2,1-3H3,(H2,32,33)(H,34,38);2*1H4. The van der Waals surface area contributed by atoms with Gasteiger partial charge in [0.25, 0.3) is 6.01 Å². The van der Waals surface area contributed by atoms with Crippen molar-refractivity contribution in [2.24, 2.45) is 23.7 Å². The molecular weight excluding hydrogens is 1140 g/mol. The summed E-state index contributed by atoms with van der Waals surface area (Å²) in [5.41, 5.74) is 7.88. The number of rotatable bonds is 33. The Hall–Kier alpha value is -7.16. The Bertz CT molecular complexity index is 3110. The monoisotopic (exact) mass is 1230 g/mol. The second-order valence-corrected chi connectivity index (χ2v) is 25.3. The Balaban J connectivity index is 0.000000276. The fourth-order valence-corrected chi connectivity index (χ4v) is 12.5. The number of ether oxygens (including phenoxy) is 4.